The van der Waals surface area contributed by atoms with E-state index in [0.717, 1.165) is 12.0 Å². The van der Waals surface area contributed by atoms with Gasteiger partial charge in [0.05, 0.1) is 19.7 Å². The molecule has 0 fully saturated rings. The number of ether oxygens (including phenoxy) is 1. The Bertz CT molecular complexity index is 835. The van der Waals surface area contributed by atoms with Gasteiger partial charge in [0.15, 0.2) is 11.5 Å². The maximum atomic E-state index is 12.5. The number of rotatable bonds is 7. The minimum absolute atomic E-state index is 0.00142. The molecule has 0 saturated heterocycles. The van der Waals surface area contributed by atoms with Gasteiger partial charge in [-0.15, -0.1) is 0 Å². The van der Waals surface area contributed by atoms with Crippen LogP contribution < -0.4 is 10.1 Å². The van der Waals surface area contributed by atoms with Gasteiger partial charge < -0.3 is 15.2 Å². The van der Waals surface area contributed by atoms with Crippen LogP contribution in [0.3, 0.4) is 0 Å². The Balaban J connectivity index is 1.54. The van der Waals surface area contributed by atoms with Crippen LogP contribution in [0.25, 0.3) is 0 Å². The van der Waals surface area contributed by atoms with Gasteiger partial charge in [-0.2, -0.15) is 0 Å². The number of aryl methyl sites for hydroxylation is 2. The molecule has 0 unspecified atom stereocenters. The van der Waals surface area contributed by atoms with Gasteiger partial charge in [0.25, 0.3) is 0 Å². The highest BCUT2D eigenvalue weighted by atomic mass is 16.5. The monoisotopic (exact) mass is 382 g/mol. The summed E-state index contributed by atoms with van der Waals surface area (Å²) in [4.78, 5) is 14.4. The van der Waals surface area contributed by atoms with Crippen LogP contribution in [0.4, 0.5) is 0 Å². The number of amides is 1. The summed E-state index contributed by atoms with van der Waals surface area (Å²) < 4.78 is 5.14. The molecule has 3 rings (SSSR count). The average molecular weight is 383 g/mol. The molecule has 0 spiro atoms. The highest BCUT2D eigenvalue weighted by Crippen LogP contribution is 2.27. The normalized spacial score (nSPS) is 14.4. The lowest BCUT2D eigenvalue weighted by molar-refractivity contribution is -0.122. The van der Waals surface area contributed by atoms with E-state index >= 15 is 0 Å². The molecule has 2 aromatic carbocycles. The van der Waals surface area contributed by atoms with Gasteiger partial charge in [-0.05, 0) is 74.0 Å². The first-order valence-corrected chi connectivity index (χ1v) is 9.91. The van der Waals surface area contributed by atoms with Gasteiger partial charge in [-0.3, -0.25) is 9.69 Å². The zero-order chi connectivity index (χ0) is 20.1. The number of benzene rings is 2. The topological polar surface area (TPSA) is 61.8 Å². The molecule has 0 bridgehead atoms. The lowest BCUT2D eigenvalue weighted by Crippen LogP contribution is -2.36. The van der Waals surface area contributed by atoms with Crippen LogP contribution in [0.1, 0.15) is 48.1 Å². The second-order valence-electron chi connectivity index (χ2n) is 7.70. The molecule has 0 aliphatic heterocycles. The van der Waals surface area contributed by atoms with E-state index < -0.39 is 0 Å². The summed E-state index contributed by atoms with van der Waals surface area (Å²) in [5.41, 5.74) is 5.04. The molecule has 150 valence electrons. The molecule has 5 heteroatoms. The van der Waals surface area contributed by atoms with Crippen molar-refractivity contribution >= 4 is 5.91 Å². The van der Waals surface area contributed by atoms with Crippen molar-refractivity contribution in [1.82, 2.24) is 10.2 Å². The molecule has 5 nitrogen and oxygen atoms in total. The molecule has 28 heavy (non-hydrogen) atoms. The van der Waals surface area contributed by atoms with Crippen molar-refractivity contribution in [3.8, 4) is 11.5 Å². The van der Waals surface area contributed by atoms with Crippen LogP contribution in [0.2, 0.25) is 0 Å². The lowest BCUT2D eigenvalue weighted by Gasteiger charge is -2.22. The molecule has 0 saturated carbocycles. The van der Waals surface area contributed by atoms with Gasteiger partial charge in [0.2, 0.25) is 5.91 Å². The summed E-state index contributed by atoms with van der Waals surface area (Å²) in [6.07, 6.45) is 4.84. The second kappa shape index (κ2) is 9.11. The SMILES string of the molecule is COc1cc(CN(C)CC(=O)N[C@@H](C)c2ccc3c(c2)CCCC3)ccc1O. The van der Waals surface area contributed by atoms with E-state index in [0.29, 0.717) is 18.8 Å². The van der Waals surface area contributed by atoms with Gasteiger partial charge in [-0.25, -0.2) is 0 Å². The highest BCUT2D eigenvalue weighted by Gasteiger charge is 2.15. The lowest BCUT2D eigenvalue weighted by atomic mass is 9.89. The molecule has 1 atom stereocenters. The summed E-state index contributed by atoms with van der Waals surface area (Å²) in [7, 11) is 3.43. The van der Waals surface area contributed by atoms with Crippen LogP contribution in [0.15, 0.2) is 36.4 Å². The number of aromatic hydroxyl groups is 1. The molecule has 2 aromatic rings. The van der Waals surface area contributed by atoms with Crippen molar-refractivity contribution in [2.45, 2.75) is 45.2 Å². The number of hydrogen-bond acceptors (Lipinski definition) is 4. The third kappa shape index (κ3) is 5.04. The minimum Gasteiger partial charge on any atom is -0.504 e. The molecule has 1 aliphatic rings. The Kier molecular flexibility index (Phi) is 6.57. The zero-order valence-corrected chi connectivity index (χ0v) is 17.0. The van der Waals surface area contributed by atoms with Crippen LogP contribution in [-0.4, -0.2) is 36.6 Å². The molecule has 1 amide bonds. The fraction of sp³-hybridized carbons (Fsp3) is 0.435. The van der Waals surface area contributed by atoms with Crippen molar-refractivity contribution in [2.75, 3.05) is 20.7 Å². The Morgan fingerprint density at radius 2 is 1.93 bits per heavy atom. The Hall–Kier alpha value is -2.53. The number of fused-ring (bicyclic) bond motifs is 1. The van der Waals surface area contributed by atoms with Crippen LogP contribution in [-0.2, 0) is 24.2 Å². The molecule has 0 aromatic heterocycles. The van der Waals surface area contributed by atoms with Crippen molar-refractivity contribution in [2.24, 2.45) is 0 Å². The number of phenolic OH excluding ortho intramolecular Hbond substituents is 1. The number of carbonyl (C=O) groups excluding carboxylic acids is 1. The quantitative estimate of drug-likeness (QED) is 0.768. The van der Waals surface area contributed by atoms with Gasteiger partial charge >= 0.3 is 0 Å². The standard InChI is InChI=1S/C23H30N2O3/c1-16(19-10-9-18-6-4-5-7-20(18)13-19)24-23(27)15-25(2)14-17-8-11-21(26)22(12-17)28-3/h8-13,16,26H,4-7,14-15H2,1-3H3,(H,24,27)/t16-/m0/s1. The number of phenols is 1. The average Bonchev–Trinajstić information content (AvgIpc) is 2.68. The fourth-order valence-corrected chi connectivity index (χ4v) is 3.83. The number of nitrogens with zero attached hydrogens (tertiary/aromatic N) is 1. The van der Waals surface area contributed by atoms with E-state index in [2.05, 4.69) is 23.5 Å². The zero-order valence-electron chi connectivity index (χ0n) is 17.0. The van der Waals surface area contributed by atoms with Gasteiger partial charge in [-0.1, -0.05) is 24.3 Å². The number of likely N-dealkylation sites (N-methyl/N-ethyl adjacent to an activating group) is 1. The summed E-state index contributed by atoms with van der Waals surface area (Å²) in [6, 6.07) is 11.8. The summed E-state index contributed by atoms with van der Waals surface area (Å²) in [5, 5.41) is 12.8. The largest absolute Gasteiger partial charge is 0.504 e. The Morgan fingerprint density at radius 3 is 2.68 bits per heavy atom. The maximum absolute atomic E-state index is 12.5. The Morgan fingerprint density at radius 1 is 1.18 bits per heavy atom. The van der Waals surface area contributed by atoms with Crippen LogP contribution in [0, 0.1) is 0 Å². The van der Waals surface area contributed by atoms with Gasteiger partial charge in [0, 0.05) is 6.54 Å². The number of hydrogen-bond donors (Lipinski definition) is 2. The van der Waals surface area contributed by atoms with E-state index in [9.17, 15) is 9.90 Å². The smallest absolute Gasteiger partial charge is 0.234 e. The van der Waals surface area contributed by atoms with Crippen molar-refractivity contribution in [3.05, 3.63) is 58.7 Å². The van der Waals surface area contributed by atoms with Crippen molar-refractivity contribution < 1.29 is 14.6 Å². The number of methoxy groups -OCH3 is 1. The van der Waals surface area contributed by atoms with Crippen LogP contribution >= 0.6 is 0 Å². The van der Waals surface area contributed by atoms with Gasteiger partial charge in [0.1, 0.15) is 0 Å². The van der Waals surface area contributed by atoms with E-state index in [1.807, 2.05) is 24.9 Å². The summed E-state index contributed by atoms with van der Waals surface area (Å²) >= 11 is 0. The summed E-state index contributed by atoms with van der Waals surface area (Å²) in [5.74, 6) is 0.556. The molecule has 2 N–H and O–H groups in total. The summed E-state index contributed by atoms with van der Waals surface area (Å²) in [6.45, 7) is 2.93. The van der Waals surface area contributed by atoms with Crippen molar-refractivity contribution in [1.29, 1.82) is 0 Å². The third-order valence-electron chi connectivity index (χ3n) is 5.36. The van der Waals surface area contributed by atoms with E-state index in [-0.39, 0.29) is 17.7 Å². The van der Waals surface area contributed by atoms with E-state index in [1.54, 1.807) is 12.1 Å². The number of carbonyl (C=O) groups is 1. The minimum atomic E-state index is -0.0121. The first-order chi connectivity index (χ1) is 13.5. The Labute approximate surface area is 167 Å². The van der Waals surface area contributed by atoms with Crippen molar-refractivity contribution in [3.63, 3.8) is 0 Å². The van der Waals surface area contributed by atoms with E-state index in [1.165, 1.54) is 43.1 Å². The molecular weight excluding hydrogens is 352 g/mol. The first kappa shape index (κ1) is 20.2. The molecular formula is C23H30N2O3. The maximum Gasteiger partial charge on any atom is 0.234 e. The predicted molar refractivity (Wildman–Crippen MR) is 111 cm³/mol. The molecule has 0 radical (unpaired) electrons. The fourth-order valence-electron chi connectivity index (χ4n) is 3.83. The van der Waals surface area contributed by atoms with Crippen LogP contribution in [0.5, 0.6) is 11.5 Å². The van der Waals surface area contributed by atoms with E-state index in [4.69, 9.17) is 4.74 Å². The molecule has 0 heterocycles. The third-order valence-corrected chi connectivity index (χ3v) is 5.36. The predicted octanol–water partition coefficient (Wildman–Crippen LogP) is 3.59. The first-order valence-electron chi connectivity index (χ1n) is 9.91. The highest BCUT2D eigenvalue weighted by molar-refractivity contribution is 5.78. The second-order valence-corrected chi connectivity index (χ2v) is 7.70. The number of nitrogens with one attached hydrogen (secondary N) is 1. The molecule has 1 aliphatic carbocycles.